The van der Waals surface area contributed by atoms with Crippen molar-refractivity contribution in [1.29, 1.82) is 0 Å². The van der Waals surface area contributed by atoms with Gasteiger partial charge in [-0.2, -0.15) is 0 Å². The number of amides is 1. The third-order valence-electron chi connectivity index (χ3n) is 3.21. The Morgan fingerprint density at radius 3 is 2.77 bits per heavy atom. The Bertz CT molecular complexity index is 794. The molecule has 2 heterocycles. The third kappa shape index (κ3) is 2.50. The first-order valence-corrected chi connectivity index (χ1v) is 7.63. The molecule has 1 aromatic heterocycles. The quantitative estimate of drug-likeness (QED) is 0.883. The molecule has 22 heavy (non-hydrogen) atoms. The second kappa shape index (κ2) is 5.69. The van der Waals surface area contributed by atoms with Crippen LogP contribution < -0.4 is 4.90 Å². The van der Waals surface area contributed by atoms with E-state index in [1.54, 1.807) is 37.3 Å². The molecule has 0 fully saturated rings. The topological polar surface area (TPSA) is 78.7 Å². The maximum atomic E-state index is 12.5. The Kier molecular flexibility index (Phi) is 3.72. The molecule has 0 radical (unpaired) electrons. The Hall–Kier alpha value is -2.54. The Morgan fingerprint density at radius 2 is 2.09 bits per heavy atom. The lowest BCUT2D eigenvalue weighted by Gasteiger charge is -2.10. The summed E-state index contributed by atoms with van der Waals surface area (Å²) in [4.78, 5) is 18.3. The molecule has 1 aliphatic heterocycles. The highest BCUT2D eigenvalue weighted by molar-refractivity contribution is 7.15. The number of amidine groups is 1. The lowest BCUT2D eigenvalue weighted by Crippen LogP contribution is -2.30. The van der Waals surface area contributed by atoms with Gasteiger partial charge in [0.1, 0.15) is 22.3 Å². The van der Waals surface area contributed by atoms with Gasteiger partial charge in [-0.05, 0) is 25.5 Å². The molecule has 1 amide bonds. The van der Waals surface area contributed by atoms with Crippen molar-refractivity contribution in [2.75, 3.05) is 4.90 Å². The van der Waals surface area contributed by atoms with Gasteiger partial charge in [-0.3, -0.25) is 4.79 Å². The number of aliphatic imine (C=N–C) groups is 1. The molecule has 6 nitrogen and oxygen atoms in total. The van der Waals surface area contributed by atoms with Crippen molar-refractivity contribution in [1.82, 2.24) is 10.2 Å². The number of phenols is 1. The molecule has 0 atom stereocenters. The van der Waals surface area contributed by atoms with Gasteiger partial charge in [0.05, 0.1) is 0 Å². The van der Waals surface area contributed by atoms with E-state index in [0.29, 0.717) is 16.5 Å². The van der Waals surface area contributed by atoms with Crippen LogP contribution >= 0.6 is 11.3 Å². The summed E-state index contributed by atoms with van der Waals surface area (Å²) in [7, 11) is 0. The van der Waals surface area contributed by atoms with Gasteiger partial charge >= 0.3 is 0 Å². The van der Waals surface area contributed by atoms with Crippen LogP contribution in [0.3, 0.4) is 0 Å². The lowest BCUT2D eigenvalue weighted by atomic mass is 10.1. The minimum Gasteiger partial charge on any atom is -0.507 e. The molecule has 0 bridgehead atoms. The van der Waals surface area contributed by atoms with Gasteiger partial charge < -0.3 is 5.11 Å². The van der Waals surface area contributed by atoms with Crippen molar-refractivity contribution in [2.24, 2.45) is 4.99 Å². The van der Waals surface area contributed by atoms with E-state index in [4.69, 9.17) is 0 Å². The van der Waals surface area contributed by atoms with Crippen molar-refractivity contribution in [3.63, 3.8) is 0 Å². The normalized spacial score (nSPS) is 16.5. The molecule has 1 aliphatic rings. The van der Waals surface area contributed by atoms with Crippen molar-refractivity contribution in [2.45, 2.75) is 20.3 Å². The number of hydrogen-bond donors (Lipinski definition) is 1. The first kappa shape index (κ1) is 14.4. The van der Waals surface area contributed by atoms with Gasteiger partial charge in [-0.15, -0.1) is 10.2 Å². The standard InChI is InChI=1S/C15H14N4O2S/c1-3-13-17-18-15(22-13)19-9(2)16-11(14(19)21)8-10-6-4-5-7-12(10)20/h4-8,20H,3H2,1-2H3/b11-8-. The number of aryl methyl sites for hydroxylation is 1. The van der Waals surface area contributed by atoms with Gasteiger partial charge in [-0.1, -0.05) is 36.5 Å². The van der Waals surface area contributed by atoms with E-state index in [1.165, 1.54) is 16.2 Å². The van der Waals surface area contributed by atoms with Gasteiger partial charge in [-0.25, -0.2) is 9.89 Å². The van der Waals surface area contributed by atoms with Crippen LogP contribution in [0.25, 0.3) is 6.08 Å². The fourth-order valence-corrected chi connectivity index (χ4v) is 2.91. The lowest BCUT2D eigenvalue weighted by molar-refractivity contribution is -0.113. The highest BCUT2D eigenvalue weighted by Gasteiger charge is 2.31. The average Bonchev–Trinajstić information content (AvgIpc) is 3.07. The molecule has 0 saturated heterocycles. The summed E-state index contributed by atoms with van der Waals surface area (Å²) >= 11 is 1.37. The van der Waals surface area contributed by atoms with Gasteiger partial charge in [0, 0.05) is 5.56 Å². The second-order valence-corrected chi connectivity index (χ2v) is 5.76. The van der Waals surface area contributed by atoms with Crippen LogP contribution in [0, 0.1) is 0 Å². The maximum Gasteiger partial charge on any atom is 0.284 e. The van der Waals surface area contributed by atoms with Crippen LogP contribution in [-0.2, 0) is 11.2 Å². The number of nitrogens with zero attached hydrogens (tertiary/aromatic N) is 4. The Labute approximate surface area is 131 Å². The number of rotatable bonds is 3. The molecule has 3 rings (SSSR count). The number of carbonyl (C=O) groups excluding carboxylic acids is 1. The van der Waals surface area contributed by atoms with Crippen molar-refractivity contribution < 1.29 is 9.90 Å². The van der Waals surface area contributed by atoms with Crippen LogP contribution in [-0.4, -0.2) is 27.0 Å². The monoisotopic (exact) mass is 314 g/mol. The van der Waals surface area contributed by atoms with Crippen molar-refractivity contribution in [3.8, 4) is 5.75 Å². The minimum atomic E-state index is -0.264. The predicted octanol–water partition coefficient (Wildman–Crippen LogP) is 2.61. The molecule has 1 N–H and O–H groups in total. The molecular weight excluding hydrogens is 300 g/mol. The van der Waals surface area contributed by atoms with E-state index in [-0.39, 0.29) is 17.4 Å². The highest BCUT2D eigenvalue weighted by Crippen LogP contribution is 2.29. The molecule has 0 unspecified atom stereocenters. The van der Waals surface area contributed by atoms with Crippen LogP contribution in [0.2, 0.25) is 0 Å². The first-order valence-electron chi connectivity index (χ1n) is 6.82. The summed E-state index contributed by atoms with van der Waals surface area (Å²) in [6.07, 6.45) is 2.35. The second-order valence-electron chi connectivity index (χ2n) is 4.72. The number of phenolic OH excluding ortho intramolecular Hbond substituents is 1. The van der Waals surface area contributed by atoms with Gasteiger partial charge in [0.25, 0.3) is 5.91 Å². The zero-order valence-corrected chi connectivity index (χ0v) is 13.0. The largest absolute Gasteiger partial charge is 0.507 e. The van der Waals surface area contributed by atoms with E-state index < -0.39 is 0 Å². The summed E-state index contributed by atoms with van der Waals surface area (Å²) in [5, 5.41) is 19.3. The molecule has 1 aromatic carbocycles. The fourth-order valence-electron chi connectivity index (χ4n) is 2.09. The van der Waals surface area contributed by atoms with E-state index in [2.05, 4.69) is 15.2 Å². The summed E-state index contributed by atoms with van der Waals surface area (Å²) in [6, 6.07) is 6.81. The summed E-state index contributed by atoms with van der Waals surface area (Å²) < 4.78 is 0. The van der Waals surface area contributed by atoms with Crippen LogP contribution in [0.15, 0.2) is 35.0 Å². The average molecular weight is 314 g/mol. The number of carbonyl (C=O) groups is 1. The van der Waals surface area contributed by atoms with Crippen molar-refractivity contribution in [3.05, 3.63) is 40.5 Å². The predicted molar refractivity (Wildman–Crippen MR) is 86.0 cm³/mol. The summed E-state index contributed by atoms with van der Waals surface area (Å²) in [5.41, 5.74) is 0.822. The maximum absolute atomic E-state index is 12.5. The molecular formula is C15H14N4O2S. The summed E-state index contributed by atoms with van der Waals surface area (Å²) in [5.74, 6) is 0.392. The van der Waals surface area contributed by atoms with Crippen LogP contribution in [0.1, 0.15) is 24.4 Å². The number of para-hydroxylation sites is 1. The number of hydrogen-bond acceptors (Lipinski definition) is 6. The number of benzene rings is 1. The molecule has 0 spiro atoms. The fraction of sp³-hybridized carbons (Fsp3) is 0.200. The Morgan fingerprint density at radius 1 is 1.32 bits per heavy atom. The van der Waals surface area contributed by atoms with E-state index in [0.717, 1.165) is 11.4 Å². The zero-order valence-electron chi connectivity index (χ0n) is 12.1. The van der Waals surface area contributed by atoms with Crippen LogP contribution in [0.4, 0.5) is 5.13 Å². The number of aromatic hydroxyl groups is 1. The molecule has 0 saturated carbocycles. The number of anilines is 1. The van der Waals surface area contributed by atoms with E-state index in [9.17, 15) is 9.90 Å². The van der Waals surface area contributed by atoms with E-state index in [1.807, 2.05) is 6.92 Å². The third-order valence-corrected chi connectivity index (χ3v) is 4.26. The summed E-state index contributed by atoms with van der Waals surface area (Å²) in [6.45, 7) is 3.73. The number of aromatic nitrogens is 2. The van der Waals surface area contributed by atoms with Crippen LogP contribution in [0.5, 0.6) is 5.75 Å². The van der Waals surface area contributed by atoms with Crippen molar-refractivity contribution >= 4 is 34.3 Å². The smallest absolute Gasteiger partial charge is 0.284 e. The molecule has 112 valence electrons. The SMILES string of the molecule is CCc1nnc(N2C(=O)/C(=C/c3ccccc3O)N=C2C)s1. The molecule has 0 aliphatic carbocycles. The van der Waals surface area contributed by atoms with Gasteiger partial charge in [0.2, 0.25) is 5.13 Å². The zero-order chi connectivity index (χ0) is 15.7. The van der Waals surface area contributed by atoms with E-state index >= 15 is 0 Å². The molecule has 7 heteroatoms. The Balaban J connectivity index is 1.95. The minimum absolute atomic E-state index is 0.110. The highest BCUT2D eigenvalue weighted by atomic mass is 32.1. The molecule has 2 aromatic rings. The first-order chi connectivity index (χ1) is 10.6. The van der Waals surface area contributed by atoms with Gasteiger partial charge in [0.15, 0.2) is 0 Å².